The summed E-state index contributed by atoms with van der Waals surface area (Å²) in [7, 11) is 1.33. The van der Waals surface area contributed by atoms with Gasteiger partial charge in [0.1, 0.15) is 0 Å². The van der Waals surface area contributed by atoms with Crippen molar-refractivity contribution in [2.45, 2.75) is 20.0 Å². The fourth-order valence-corrected chi connectivity index (χ4v) is 0.763. The summed E-state index contributed by atoms with van der Waals surface area (Å²) >= 11 is 2.18. The van der Waals surface area contributed by atoms with Gasteiger partial charge in [-0.25, -0.2) is 9.59 Å². The normalized spacial score (nSPS) is 8.82. The number of benzene rings is 1. The predicted molar refractivity (Wildman–Crippen MR) is 110 cm³/mol. The predicted octanol–water partition coefficient (Wildman–Crippen LogP) is 6.17. The topological polar surface area (TPSA) is 63.6 Å². The summed E-state index contributed by atoms with van der Waals surface area (Å²) in [6, 6.07) is 10.0. The van der Waals surface area contributed by atoms with Crippen molar-refractivity contribution in [3.8, 4) is 0 Å². The zero-order valence-corrected chi connectivity index (χ0v) is 17.6. The molecule has 156 valence electrons. The van der Waals surface area contributed by atoms with Crippen LogP contribution in [0.1, 0.15) is 19.4 Å². The number of methoxy groups -OCH3 is 1. The number of carbonyl (C=O) groups is 2. The van der Waals surface area contributed by atoms with E-state index in [4.69, 9.17) is 5.11 Å². The molecule has 0 bridgehead atoms. The molecular formula is C20H24BrF3O4. The number of allylic oxidation sites excluding steroid dienone is 1. The van der Waals surface area contributed by atoms with Crippen molar-refractivity contribution < 1.29 is 32.6 Å². The molecule has 0 heterocycles. The first-order valence-electron chi connectivity index (χ1n) is 7.42. The maximum absolute atomic E-state index is 11.0. The maximum atomic E-state index is 11.0. The van der Waals surface area contributed by atoms with Crippen LogP contribution < -0.4 is 0 Å². The van der Waals surface area contributed by atoms with Crippen LogP contribution in [-0.2, 0) is 14.3 Å². The molecule has 0 aliphatic rings. The Kier molecular flexibility index (Phi) is 17.8. The molecule has 1 N–H and O–H groups in total. The highest BCUT2D eigenvalue weighted by molar-refractivity contribution is 9.11. The fourth-order valence-electron chi connectivity index (χ4n) is 0.763. The van der Waals surface area contributed by atoms with Gasteiger partial charge in [-0.15, -0.1) is 0 Å². The Morgan fingerprint density at radius 2 is 1.43 bits per heavy atom. The number of hydrogen-bond acceptors (Lipinski definition) is 3. The molecule has 0 aliphatic heterocycles. The monoisotopic (exact) mass is 464 g/mol. The Labute approximate surface area is 171 Å². The lowest BCUT2D eigenvalue weighted by molar-refractivity contribution is -0.136. The van der Waals surface area contributed by atoms with Gasteiger partial charge in [-0.05, 0) is 35.3 Å². The highest BCUT2D eigenvalue weighted by atomic mass is 79.9. The SMILES string of the molecule is C=C(Br)C(F)(F)F.C=C(C)C(=O)O.C=C(C)C(=O)OC.C=Cc1ccccc1. The second-order valence-corrected chi connectivity index (χ2v) is 5.83. The van der Waals surface area contributed by atoms with Gasteiger partial charge in [0.2, 0.25) is 0 Å². The van der Waals surface area contributed by atoms with Crippen LogP contribution in [0.25, 0.3) is 6.08 Å². The Balaban J connectivity index is -0.000000300. The first-order chi connectivity index (χ1) is 12.7. The van der Waals surface area contributed by atoms with E-state index in [-0.39, 0.29) is 11.5 Å². The van der Waals surface area contributed by atoms with E-state index >= 15 is 0 Å². The summed E-state index contributed by atoms with van der Waals surface area (Å²) in [4.78, 5) is 19.8. The summed E-state index contributed by atoms with van der Waals surface area (Å²) in [6.07, 6.45) is -2.44. The Bertz CT molecular complexity index is 654. The third kappa shape index (κ3) is 21.4. The van der Waals surface area contributed by atoms with Gasteiger partial charge >= 0.3 is 18.1 Å². The summed E-state index contributed by atoms with van der Waals surface area (Å²) in [6.45, 7) is 15.8. The minimum absolute atomic E-state index is 0.176. The Morgan fingerprint density at radius 1 is 1.07 bits per heavy atom. The first kappa shape index (κ1) is 30.1. The van der Waals surface area contributed by atoms with Crippen LogP contribution in [-0.4, -0.2) is 30.3 Å². The second-order valence-electron chi connectivity index (χ2n) is 4.87. The lowest BCUT2D eigenvalue weighted by Crippen LogP contribution is -2.04. The number of carboxylic acid groups (broad SMARTS) is 1. The quantitative estimate of drug-likeness (QED) is 0.429. The maximum Gasteiger partial charge on any atom is 0.422 e. The molecular weight excluding hydrogens is 441 g/mol. The van der Waals surface area contributed by atoms with Crippen LogP contribution in [0, 0.1) is 0 Å². The Hall–Kier alpha value is -2.61. The van der Waals surface area contributed by atoms with E-state index < -0.39 is 16.6 Å². The average molecular weight is 465 g/mol. The van der Waals surface area contributed by atoms with Gasteiger partial charge in [0.25, 0.3) is 0 Å². The van der Waals surface area contributed by atoms with E-state index in [1.165, 1.54) is 19.6 Å². The molecule has 1 aromatic carbocycles. The van der Waals surface area contributed by atoms with Gasteiger partial charge in [-0.1, -0.05) is 62.7 Å². The third-order valence-electron chi connectivity index (χ3n) is 2.24. The molecule has 0 spiro atoms. The van der Waals surface area contributed by atoms with Crippen molar-refractivity contribution in [1.82, 2.24) is 0 Å². The van der Waals surface area contributed by atoms with Gasteiger partial charge in [-0.3, -0.25) is 0 Å². The minimum atomic E-state index is -4.28. The van der Waals surface area contributed by atoms with Gasteiger partial charge < -0.3 is 9.84 Å². The molecule has 0 fully saturated rings. The molecule has 0 aromatic heterocycles. The Morgan fingerprint density at radius 3 is 1.54 bits per heavy atom. The van der Waals surface area contributed by atoms with Crippen LogP contribution in [0.4, 0.5) is 13.2 Å². The van der Waals surface area contributed by atoms with Crippen molar-refractivity contribution in [3.05, 3.63) is 77.8 Å². The van der Waals surface area contributed by atoms with E-state index in [0.717, 1.165) is 0 Å². The van der Waals surface area contributed by atoms with Crippen molar-refractivity contribution in [2.75, 3.05) is 7.11 Å². The largest absolute Gasteiger partial charge is 0.478 e. The summed E-state index contributed by atoms with van der Waals surface area (Å²) in [5, 5.41) is 7.89. The minimum Gasteiger partial charge on any atom is -0.478 e. The molecule has 0 radical (unpaired) electrons. The van der Waals surface area contributed by atoms with E-state index in [0.29, 0.717) is 5.57 Å². The lowest BCUT2D eigenvalue weighted by Gasteiger charge is -1.99. The number of aliphatic carboxylic acids is 1. The summed E-state index contributed by atoms with van der Waals surface area (Å²) in [5.74, 6) is -1.28. The van der Waals surface area contributed by atoms with E-state index in [1.54, 1.807) is 6.92 Å². The van der Waals surface area contributed by atoms with Crippen LogP contribution in [0.15, 0.2) is 72.3 Å². The molecule has 8 heteroatoms. The zero-order chi connectivity index (χ0) is 22.9. The van der Waals surface area contributed by atoms with E-state index in [9.17, 15) is 22.8 Å². The fraction of sp³-hybridized carbons (Fsp3) is 0.200. The van der Waals surface area contributed by atoms with Crippen molar-refractivity contribution in [2.24, 2.45) is 0 Å². The van der Waals surface area contributed by atoms with Gasteiger partial charge in [-0.2, -0.15) is 13.2 Å². The molecule has 28 heavy (non-hydrogen) atoms. The van der Waals surface area contributed by atoms with Crippen LogP contribution in [0.5, 0.6) is 0 Å². The van der Waals surface area contributed by atoms with Crippen molar-refractivity contribution >= 4 is 33.9 Å². The molecule has 0 saturated heterocycles. The van der Waals surface area contributed by atoms with Crippen LogP contribution in [0.3, 0.4) is 0 Å². The first-order valence-corrected chi connectivity index (χ1v) is 8.21. The molecule has 4 nitrogen and oxygen atoms in total. The summed E-state index contributed by atoms with van der Waals surface area (Å²) in [5.41, 5.74) is 1.78. The van der Waals surface area contributed by atoms with Crippen molar-refractivity contribution in [1.29, 1.82) is 0 Å². The smallest absolute Gasteiger partial charge is 0.422 e. The molecule has 0 aliphatic carbocycles. The third-order valence-corrected chi connectivity index (χ3v) is 2.69. The highest BCUT2D eigenvalue weighted by Crippen LogP contribution is 2.27. The number of rotatable bonds is 3. The number of esters is 1. The number of carbonyl (C=O) groups excluding carboxylic acids is 1. The number of halogens is 4. The molecule has 1 rings (SSSR count). The summed E-state index contributed by atoms with van der Waals surface area (Å²) < 4.78 is 36.4. The number of hydrogen-bond donors (Lipinski definition) is 1. The lowest BCUT2D eigenvalue weighted by atomic mass is 10.2. The van der Waals surface area contributed by atoms with Gasteiger partial charge in [0.15, 0.2) is 0 Å². The molecule has 0 amide bonds. The molecule has 0 saturated carbocycles. The molecule has 0 unspecified atom stereocenters. The van der Waals surface area contributed by atoms with Crippen molar-refractivity contribution in [3.63, 3.8) is 0 Å². The van der Waals surface area contributed by atoms with E-state index in [2.05, 4.69) is 47.0 Å². The second kappa shape index (κ2) is 16.6. The number of alkyl halides is 3. The zero-order valence-electron chi connectivity index (χ0n) is 16.0. The van der Waals surface area contributed by atoms with E-state index in [1.807, 2.05) is 36.4 Å². The van der Waals surface area contributed by atoms with Gasteiger partial charge in [0, 0.05) is 11.1 Å². The van der Waals surface area contributed by atoms with Gasteiger partial charge in [0.05, 0.1) is 11.6 Å². The highest BCUT2D eigenvalue weighted by Gasteiger charge is 2.29. The van der Waals surface area contributed by atoms with Crippen LogP contribution >= 0.6 is 15.9 Å². The molecule has 0 atom stereocenters. The molecule has 1 aromatic rings. The average Bonchev–Trinajstić information content (AvgIpc) is 2.62. The number of ether oxygens (including phenoxy) is 1. The number of carboxylic acids is 1. The standard InChI is InChI=1S/C8H8.C5H8O2.C4H6O2.C3H2BrF3/c1-2-8-6-4-3-5-7-8;1-4(2)5(6)7-3;1-3(2)4(5)6;1-2(4)3(5,6)7/h2-7H,1H2;1H2,2-3H3;1H2,2H3,(H,5,6);1H2. The van der Waals surface area contributed by atoms with Crippen LogP contribution in [0.2, 0.25) is 0 Å².